The maximum absolute atomic E-state index is 10.1. The molecule has 0 unspecified atom stereocenters. The van der Waals surface area contributed by atoms with Crippen LogP contribution >= 0.6 is 0 Å². The van der Waals surface area contributed by atoms with E-state index in [9.17, 15) is 5.11 Å². The molecular weight excluding hydrogens is 368 g/mol. The summed E-state index contributed by atoms with van der Waals surface area (Å²) in [6.07, 6.45) is 14.1. The minimum Gasteiger partial charge on any atom is -0.508 e. The largest absolute Gasteiger partial charge is 0.508 e. The summed E-state index contributed by atoms with van der Waals surface area (Å²) >= 11 is 0. The van der Waals surface area contributed by atoms with Gasteiger partial charge in [0.25, 0.3) is 0 Å². The Kier molecular flexibility index (Phi) is 9.57. The Hall–Kier alpha value is -1.18. The summed E-state index contributed by atoms with van der Waals surface area (Å²) in [7, 11) is 0. The molecule has 2 heteroatoms. The van der Waals surface area contributed by atoms with E-state index in [1.807, 2.05) is 13.0 Å². The molecule has 0 spiro atoms. The first kappa shape index (κ1) is 25.1. The third kappa shape index (κ3) is 7.50. The maximum Gasteiger partial charge on any atom is 0.126 e. The van der Waals surface area contributed by atoms with Crippen molar-refractivity contribution in [1.29, 1.82) is 0 Å². The quantitative estimate of drug-likeness (QED) is 0.370. The number of fused-ring (bicyclic) bond motifs is 1. The predicted octanol–water partition coefficient (Wildman–Crippen LogP) is 8.53. The Labute approximate surface area is 186 Å². The van der Waals surface area contributed by atoms with E-state index in [0.29, 0.717) is 5.75 Å². The standard InChI is InChI=1S/C28H48O2/c1-20(2)11-8-12-21(3)13-9-14-22(4)15-10-17-28(7)18-16-25-24(6)26(29)19-23(5)27(25)30-28/h19-22,29H,8-18H2,1-7H3/t21-,22-,28-/m0/s1. The van der Waals surface area contributed by atoms with Crippen molar-refractivity contribution < 1.29 is 9.84 Å². The molecule has 30 heavy (non-hydrogen) atoms. The summed E-state index contributed by atoms with van der Waals surface area (Å²) in [5.41, 5.74) is 3.20. The van der Waals surface area contributed by atoms with Gasteiger partial charge >= 0.3 is 0 Å². The molecule has 172 valence electrons. The normalized spacial score (nSPS) is 20.7. The Bertz CT molecular complexity index is 663. The third-order valence-corrected chi connectivity index (χ3v) is 7.35. The molecule has 1 aromatic rings. The monoisotopic (exact) mass is 416 g/mol. The van der Waals surface area contributed by atoms with E-state index < -0.39 is 0 Å². The van der Waals surface area contributed by atoms with Crippen LogP contribution in [0.25, 0.3) is 0 Å². The summed E-state index contributed by atoms with van der Waals surface area (Å²) in [5, 5.41) is 10.1. The van der Waals surface area contributed by atoms with Crippen LogP contribution in [0.1, 0.15) is 116 Å². The topological polar surface area (TPSA) is 29.5 Å². The van der Waals surface area contributed by atoms with Crippen molar-refractivity contribution in [3.8, 4) is 11.5 Å². The van der Waals surface area contributed by atoms with Crippen molar-refractivity contribution in [2.45, 2.75) is 125 Å². The van der Waals surface area contributed by atoms with Gasteiger partial charge in [-0.15, -0.1) is 0 Å². The van der Waals surface area contributed by atoms with Gasteiger partial charge in [0.1, 0.15) is 17.1 Å². The van der Waals surface area contributed by atoms with Crippen molar-refractivity contribution in [3.63, 3.8) is 0 Å². The number of phenols is 1. The summed E-state index contributed by atoms with van der Waals surface area (Å²) in [6, 6.07) is 1.85. The van der Waals surface area contributed by atoms with Crippen LogP contribution in [0.3, 0.4) is 0 Å². The fraction of sp³-hybridized carbons (Fsp3) is 0.786. The van der Waals surface area contributed by atoms with Crippen LogP contribution in [0.2, 0.25) is 0 Å². The van der Waals surface area contributed by atoms with Crippen LogP contribution in [0.15, 0.2) is 6.07 Å². The van der Waals surface area contributed by atoms with E-state index in [0.717, 1.165) is 53.9 Å². The second-order valence-corrected chi connectivity index (χ2v) is 11.1. The Balaban J connectivity index is 1.69. The highest BCUT2D eigenvalue weighted by atomic mass is 16.5. The predicted molar refractivity (Wildman–Crippen MR) is 130 cm³/mol. The molecule has 1 aliphatic heterocycles. The molecule has 1 N–H and O–H groups in total. The number of ether oxygens (including phenoxy) is 1. The first-order chi connectivity index (χ1) is 14.1. The smallest absolute Gasteiger partial charge is 0.126 e. The van der Waals surface area contributed by atoms with Gasteiger partial charge < -0.3 is 9.84 Å². The highest BCUT2D eigenvalue weighted by Gasteiger charge is 2.33. The van der Waals surface area contributed by atoms with Crippen LogP contribution in [0, 0.1) is 31.6 Å². The van der Waals surface area contributed by atoms with Gasteiger partial charge in [-0.05, 0) is 81.4 Å². The second kappa shape index (κ2) is 11.4. The molecule has 1 heterocycles. The van der Waals surface area contributed by atoms with Crippen molar-refractivity contribution in [3.05, 3.63) is 22.8 Å². The average Bonchev–Trinajstić information content (AvgIpc) is 2.66. The molecule has 1 aliphatic rings. The summed E-state index contributed by atoms with van der Waals surface area (Å²) in [4.78, 5) is 0. The van der Waals surface area contributed by atoms with E-state index in [1.54, 1.807) is 0 Å². The number of hydrogen-bond donors (Lipinski definition) is 1. The molecule has 2 rings (SSSR count). The van der Waals surface area contributed by atoms with Gasteiger partial charge in [-0.3, -0.25) is 0 Å². The molecular formula is C28H48O2. The van der Waals surface area contributed by atoms with Crippen LogP contribution < -0.4 is 4.74 Å². The van der Waals surface area contributed by atoms with Gasteiger partial charge in [0.15, 0.2) is 0 Å². The van der Waals surface area contributed by atoms with E-state index in [4.69, 9.17) is 4.74 Å². The molecule has 0 aliphatic carbocycles. The highest BCUT2D eigenvalue weighted by molar-refractivity contribution is 5.53. The highest BCUT2D eigenvalue weighted by Crippen LogP contribution is 2.42. The van der Waals surface area contributed by atoms with Crippen LogP contribution in [0.4, 0.5) is 0 Å². The number of benzene rings is 1. The Morgan fingerprint density at radius 3 is 2.10 bits per heavy atom. The Morgan fingerprint density at radius 1 is 0.933 bits per heavy atom. The molecule has 3 atom stereocenters. The molecule has 0 saturated heterocycles. The number of hydrogen-bond acceptors (Lipinski definition) is 2. The molecule has 2 nitrogen and oxygen atoms in total. The van der Waals surface area contributed by atoms with Gasteiger partial charge in [-0.2, -0.15) is 0 Å². The summed E-state index contributed by atoms with van der Waals surface area (Å²) in [6.45, 7) is 15.9. The molecule has 0 saturated carbocycles. The zero-order chi connectivity index (χ0) is 22.3. The number of aromatic hydroxyl groups is 1. The van der Waals surface area contributed by atoms with E-state index in [-0.39, 0.29) is 5.60 Å². The summed E-state index contributed by atoms with van der Waals surface area (Å²) in [5.74, 6) is 3.98. The minimum absolute atomic E-state index is 0.0637. The number of phenolic OH excluding ortho intramolecular Hbond substituents is 1. The molecule has 0 bridgehead atoms. The van der Waals surface area contributed by atoms with Gasteiger partial charge in [-0.25, -0.2) is 0 Å². The first-order valence-corrected chi connectivity index (χ1v) is 12.6. The van der Waals surface area contributed by atoms with Crippen LogP contribution in [-0.4, -0.2) is 10.7 Å². The molecule has 1 aromatic carbocycles. The lowest BCUT2D eigenvalue weighted by Crippen LogP contribution is -2.37. The van der Waals surface area contributed by atoms with Crippen molar-refractivity contribution in [1.82, 2.24) is 0 Å². The summed E-state index contributed by atoms with van der Waals surface area (Å²) < 4.78 is 6.52. The van der Waals surface area contributed by atoms with E-state index in [2.05, 4.69) is 41.5 Å². The molecule has 0 aromatic heterocycles. The van der Waals surface area contributed by atoms with Gasteiger partial charge in [0.2, 0.25) is 0 Å². The second-order valence-electron chi connectivity index (χ2n) is 11.1. The fourth-order valence-electron chi connectivity index (χ4n) is 5.05. The Morgan fingerprint density at radius 2 is 1.50 bits per heavy atom. The molecule has 0 amide bonds. The van der Waals surface area contributed by atoms with Crippen LogP contribution in [-0.2, 0) is 6.42 Å². The van der Waals surface area contributed by atoms with Gasteiger partial charge in [-0.1, -0.05) is 72.6 Å². The van der Waals surface area contributed by atoms with E-state index in [1.165, 1.54) is 56.9 Å². The lowest BCUT2D eigenvalue weighted by Gasteiger charge is -2.37. The number of aryl methyl sites for hydroxylation is 1. The molecule has 0 fully saturated rings. The molecule has 0 radical (unpaired) electrons. The van der Waals surface area contributed by atoms with Crippen molar-refractivity contribution in [2.24, 2.45) is 17.8 Å². The lowest BCUT2D eigenvalue weighted by molar-refractivity contribution is 0.0512. The van der Waals surface area contributed by atoms with Crippen molar-refractivity contribution in [2.75, 3.05) is 0 Å². The first-order valence-electron chi connectivity index (χ1n) is 12.6. The van der Waals surface area contributed by atoms with Gasteiger partial charge in [0.05, 0.1) is 0 Å². The van der Waals surface area contributed by atoms with Gasteiger partial charge in [0, 0.05) is 5.56 Å². The third-order valence-electron chi connectivity index (χ3n) is 7.35. The zero-order valence-corrected chi connectivity index (χ0v) is 20.9. The minimum atomic E-state index is -0.0637. The average molecular weight is 417 g/mol. The van der Waals surface area contributed by atoms with E-state index >= 15 is 0 Å². The maximum atomic E-state index is 10.1. The number of rotatable bonds is 12. The SMILES string of the molecule is Cc1cc(O)c(C)c2c1O[C@@](C)(CCC[C@@H](C)CCC[C@@H](C)CCCC(C)C)CC2. The van der Waals surface area contributed by atoms with Crippen molar-refractivity contribution >= 4 is 0 Å². The zero-order valence-electron chi connectivity index (χ0n) is 20.9. The fourth-order valence-corrected chi connectivity index (χ4v) is 5.05. The van der Waals surface area contributed by atoms with Crippen LogP contribution in [0.5, 0.6) is 11.5 Å². The lowest BCUT2D eigenvalue weighted by atomic mass is 9.84.